The zero-order valence-electron chi connectivity index (χ0n) is 5.71. The summed E-state index contributed by atoms with van der Waals surface area (Å²) in [5, 5.41) is 18.0. The first-order valence-electron chi connectivity index (χ1n) is 2.94. The van der Waals surface area contributed by atoms with Crippen molar-refractivity contribution >= 4 is 51.2 Å². The van der Waals surface area contributed by atoms with Crippen molar-refractivity contribution in [2.24, 2.45) is 0 Å². The van der Waals surface area contributed by atoms with Crippen LogP contribution in [-0.4, -0.2) is 16.2 Å². The number of carbonyl (C=O) groups is 1. The zero-order chi connectivity index (χ0) is 9.30. The summed E-state index contributed by atoms with van der Waals surface area (Å²) in [4.78, 5) is 10.6. The van der Waals surface area contributed by atoms with E-state index in [1.165, 1.54) is 6.07 Å². The summed E-state index contributed by atoms with van der Waals surface area (Å²) in [6, 6.07) is 3.05. The van der Waals surface area contributed by atoms with E-state index >= 15 is 0 Å². The van der Waals surface area contributed by atoms with Crippen LogP contribution in [0.15, 0.2) is 12.1 Å². The molecule has 1 aromatic rings. The normalized spacial score (nSPS) is 9.83. The summed E-state index contributed by atoms with van der Waals surface area (Å²) in [5.41, 5.74) is 0.133. The van der Waals surface area contributed by atoms with Gasteiger partial charge in [0.15, 0.2) is 0 Å². The molecule has 0 heterocycles. The van der Waals surface area contributed by atoms with E-state index in [0.717, 1.165) is 0 Å². The van der Waals surface area contributed by atoms with Crippen molar-refractivity contribution in [3.8, 4) is 5.75 Å². The summed E-state index contributed by atoms with van der Waals surface area (Å²) < 4.78 is 1.04. The largest absolute Gasteiger partial charge is 0.506 e. The summed E-state index contributed by atoms with van der Waals surface area (Å²) in [7, 11) is 0. The molecule has 0 unspecified atom stereocenters. The number of phenolic OH excluding ortho intramolecular Hbond substituents is 1. The highest BCUT2D eigenvalue weighted by molar-refractivity contribution is 14.1. The van der Waals surface area contributed by atoms with Crippen molar-refractivity contribution < 1.29 is 15.0 Å². The minimum atomic E-state index is -1.02. The van der Waals surface area contributed by atoms with Crippen LogP contribution in [0.25, 0.3) is 0 Å². The fraction of sp³-hybridized carbons (Fsp3) is 0. The van der Waals surface area contributed by atoms with E-state index < -0.39 is 5.97 Å². The van der Waals surface area contributed by atoms with E-state index in [9.17, 15) is 9.90 Å². The number of hydrogen-bond donors (Lipinski definition) is 2. The fourth-order valence-corrected chi connectivity index (χ4v) is 2.37. The Morgan fingerprint density at radius 3 is 2.42 bits per heavy atom. The maximum Gasteiger partial charge on any atom is 0.336 e. The number of halogens is 2. The van der Waals surface area contributed by atoms with Gasteiger partial charge < -0.3 is 10.2 Å². The number of hydrogen-bond acceptors (Lipinski definition) is 2. The lowest BCUT2D eigenvalue weighted by atomic mass is 10.2. The lowest BCUT2D eigenvalue weighted by molar-refractivity contribution is 0.0695. The quantitative estimate of drug-likeness (QED) is 0.724. The SMILES string of the molecule is O=C(O)c1ccc(I)c(O)c1I. The molecule has 1 rings (SSSR count). The van der Waals surface area contributed by atoms with Crippen molar-refractivity contribution in [3.63, 3.8) is 0 Å². The number of phenols is 1. The molecule has 0 fully saturated rings. The number of benzene rings is 1. The van der Waals surface area contributed by atoms with E-state index in [4.69, 9.17) is 5.11 Å². The van der Waals surface area contributed by atoms with Gasteiger partial charge in [-0.3, -0.25) is 0 Å². The first kappa shape index (κ1) is 10.0. The molecule has 1 aromatic carbocycles. The molecule has 2 N–H and O–H groups in total. The molecule has 0 saturated carbocycles. The fourth-order valence-electron chi connectivity index (χ4n) is 0.706. The Kier molecular flexibility index (Phi) is 3.16. The predicted molar refractivity (Wildman–Crippen MR) is 60.5 cm³/mol. The van der Waals surface area contributed by atoms with Crippen LogP contribution >= 0.6 is 45.2 Å². The number of aromatic hydroxyl groups is 1. The summed E-state index contributed by atoms with van der Waals surface area (Å²) >= 11 is 3.75. The average molecular weight is 390 g/mol. The Morgan fingerprint density at radius 1 is 1.33 bits per heavy atom. The van der Waals surface area contributed by atoms with Crippen molar-refractivity contribution in [3.05, 3.63) is 24.8 Å². The first-order chi connectivity index (χ1) is 5.54. The third-order valence-electron chi connectivity index (χ3n) is 1.30. The Bertz CT molecular complexity index is 336. The van der Waals surface area contributed by atoms with Crippen LogP contribution in [0.1, 0.15) is 10.4 Å². The van der Waals surface area contributed by atoms with E-state index in [1.807, 2.05) is 45.2 Å². The van der Waals surface area contributed by atoms with Gasteiger partial charge in [0.25, 0.3) is 0 Å². The van der Waals surface area contributed by atoms with Gasteiger partial charge in [-0.25, -0.2) is 4.79 Å². The maximum absolute atomic E-state index is 10.6. The van der Waals surface area contributed by atoms with E-state index in [2.05, 4.69) is 0 Å². The summed E-state index contributed by atoms with van der Waals surface area (Å²) in [6.07, 6.45) is 0. The number of carboxylic acids is 1. The highest BCUT2D eigenvalue weighted by Crippen LogP contribution is 2.28. The van der Waals surface area contributed by atoms with Gasteiger partial charge in [-0.05, 0) is 57.3 Å². The molecule has 0 aliphatic heterocycles. The van der Waals surface area contributed by atoms with Crippen LogP contribution in [0.4, 0.5) is 0 Å². The number of carboxylic acid groups (broad SMARTS) is 1. The molecular formula is C7H4I2O3. The van der Waals surface area contributed by atoms with Crippen molar-refractivity contribution in [1.29, 1.82) is 0 Å². The second kappa shape index (κ2) is 3.77. The Morgan fingerprint density at radius 2 is 1.92 bits per heavy atom. The molecule has 0 aliphatic carbocycles. The molecule has 12 heavy (non-hydrogen) atoms. The summed E-state index contributed by atoms with van der Waals surface area (Å²) in [6.45, 7) is 0. The second-order valence-electron chi connectivity index (χ2n) is 2.06. The van der Waals surface area contributed by atoms with Crippen molar-refractivity contribution in [1.82, 2.24) is 0 Å². The third kappa shape index (κ3) is 1.82. The van der Waals surface area contributed by atoms with Crippen molar-refractivity contribution in [2.45, 2.75) is 0 Å². The molecule has 3 nitrogen and oxygen atoms in total. The van der Waals surface area contributed by atoms with Crippen LogP contribution in [0.2, 0.25) is 0 Å². The molecule has 0 aromatic heterocycles. The molecular weight excluding hydrogens is 386 g/mol. The van der Waals surface area contributed by atoms with Gasteiger partial charge in [0.1, 0.15) is 5.75 Å². The van der Waals surface area contributed by atoms with Crippen LogP contribution in [0.3, 0.4) is 0 Å². The van der Waals surface area contributed by atoms with Gasteiger partial charge >= 0.3 is 5.97 Å². The van der Waals surface area contributed by atoms with E-state index in [1.54, 1.807) is 6.07 Å². The van der Waals surface area contributed by atoms with Crippen LogP contribution < -0.4 is 0 Å². The van der Waals surface area contributed by atoms with Gasteiger partial charge in [0, 0.05) is 0 Å². The molecule has 64 valence electrons. The maximum atomic E-state index is 10.6. The van der Waals surface area contributed by atoms with Gasteiger partial charge in [-0.15, -0.1) is 0 Å². The second-order valence-corrected chi connectivity index (χ2v) is 4.30. The minimum Gasteiger partial charge on any atom is -0.506 e. The Balaban J connectivity index is 3.36. The van der Waals surface area contributed by atoms with Crippen LogP contribution in [0, 0.1) is 7.14 Å². The van der Waals surface area contributed by atoms with Crippen molar-refractivity contribution in [2.75, 3.05) is 0 Å². The lowest BCUT2D eigenvalue weighted by Gasteiger charge is -2.02. The molecule has 0 saturated heterocycles. The lowest BCUT2D eigenvalue weighted by Crippen LogP contribution is -1.99. The zero-order valence-corrected chi connectivity index (χ0v) is 10.0. The number of rotatable bonds is 1. The molecule has 5 heteroatoms. The third-order valence-corrected chi connectivity index (χ3v) is 3.26. The van der Waals surface area contributed by atoms with E-state index in [-0.39, 0.29) is 11.3 Å². The molecule has 0 bridgehead atoms. The minimum absolute atomic E-state index is 0.0381. The number of aromatic carboxylic acids is 1. The molecule has 0 spiro atoms. The first-order valence-corrected chi connectivity index (χ1v) is 5.10. The molecule has 0 atom stereocenters. The van der Waals surface area contributed by atoms with Crippen LogP contribution in [-0.2, 0) is 0 Å². The van der Waals surface area contributed by atoms with Gasteiger partial charge in [-0.1, -0.05) is 0 Å². The summed E-state index contributed by atoms with van der Waals surface area (Å²) in [5.74, 6) is -0.984. The van der Waals surface area contributed by atoms with Gasteiger partial charge in [-0.2, -0.15) is 0 Å². The van der Waals surface area contributed by atoms with Gasteiger partial charge in [0.2, 0.25) is 0 Å². The molecule has 0 radical (unpaired) electrons. The topological polar surface area (TPSA) is 57.5 Å². The van der Waals surface area contributed by atoms with E-state index in [0.29, 0.717) is 7.14 Å². The molecule has 0 amide bonds. The smallest absolute Gasteiger partial charge is 0.336 e. The molecule has 0 aliphatic rings. The highest BCUT2D eigenvalue weighted by Gasteiger charge is 2.13. The Hall–Kier alpha value is -0.0500. The van der Waals surface area contributed by atoms with Gasteiger partial charge in [0.05, 0.1) is 12.7 Å². The Labute approximate surface area is 96.1 Å². The predicted octanol–water partition coefficient (Wildman–Crippen LogP) is 2.30. The average Bonchev–Trinajstić information content (AvgIpc) is 2.00. The van der Waals surface area contributed by atoms with Crippen LogP contribution in [0.5, 0.6) is 5.75 Å². The standard InChI is InChI=1S/C7H4I2O3/c8-4-2-1-3(7(11)12)5(9)6(4)10/h1-2,10H,(H,11,12). The monoisotopic (exact) mass is 390 g/mol. The highest BCUT2D eigenvalue weighted by atomic mass is 127.